The molecule has 10 heteroatoms. The number of hydrogen-bond acceptors (Lipinski definition) is 5. The van der Waals surface area contributed by atoms with Crippen molar-refractivity contribution in [3.05, 3.63) is 0 Å². The fourth-order valence-corrected chi connectivity index (χ4v) is 4.32. The molecular weight excluding hydrogens is 358 g/mol. The second-order valence-electron chi connectivity index (χ2n) is 7.03. The number of nitrogens with zero attached hydrogens (tertiary/aromatic N) is 3. The largest absolute Gasteiger partial charge is 0.381 e. The van der Waals surface area contributed by atoms with Crippen molar-refractivity contribution >= 4 is 21.9 Å². The summed E-state index contributed by atoms with van der Waals surface area (Å²) in [4.78, 5) is 17.7. The van der Waals surface area contributed by atoms with E-state index in [2.05, 4.69) is 15.6 Å². The van der Waals surface area contributed by atoms with Crippen LogP contribution in [0, 0.1) is 0 Å². The van der Waals surface area contributed by atoms with Gasteiger partial charge in [0, 0.05) is 52.5 Å². The molecule has 0 saturated carbocycles. The van der Waals surface area contributed by atoms with Crippen LogP contribution in [0.1, 0.15) is 25.7 Å². The lowest BCUT2D eigenvalue weighted by atomic mass is 10.1. The summed E-state index contributed by atoms with van der Waals surface area (Å²) in [5, 5.41) is 6.57. The van der Waals surface area contributed by atoms with Gasteiger partial charge >= 0.3 is 0 Å². The van der Waals surface area contributed by atoms with Crippen LogP contribution in [0.15, 0.2) is 4.99 Å². The van der Waals surface area contributed by atoms with E-state index in [4.69, 9.17) is 4.74 Å². The molecule has 0 spiro atoms. The topological polar surface area (TPSA) is 103 Å². The average molecular weight is 390 g/mol. The molecule has 26 heavy (non-hydrogen) atoms. The number of rotatable bonds is 6. The molecule has 2 heterocycles. The van der Waals surface area contributed by atoms with Crippen molar-refractivity contribution in [1.82, 2.24) is 19.8 Å². The normalized spacial score (nSPS) is 23.0. The Morgan fingerprint density at radius 1 is 1.27 bits per heavy atom. The lowest BCUT2D eigenvalue weighted by Gasteiger charge is -2.27. The van der Waals surface area contributed by atoms with Gasteiger partial charge in [-0.3, -0.25) is 4.79 Å². The number of aliphatic imine (C=N–C) groups is 1. The molecule has 2 rings (SSSR count). The standard InChI is InChI=1S/C16H31N5O4S/c1-20(2)15(22)12-18-16(19-13-6-9-25-10-7-13)17-11-14-5-4-8-21(14)26(3,23)24/h13-14H,4-12H2,1-3H3,(H2,17,18,19)/t14-/m1/s1. The summed E-state index contributed by atoms with van der Waals surface area (Å²) in [6.45, 7) is 2.48. The van der Waals surface area contributed by atoms with Crippen molar-refractivity contribution in [2.45, 2.75) is 37.8 Å². The summed E-state index contributed by atoms with van der Waals surface area (Å²) >= 11 is 0. The highest BCUT2D eigenvalue weighted by Crippen LogP contribution is 2.19. The molecule has 0 unspecified atom stereocenters. The van der Waals surface area contributed by atoms with E-state index < -0.39 is 10.0 Å². The first kappa shape index (κ1) is 20.9. The van der Waals surface area contributed by atoms with E-state index in [1.807, 2.05) is 0 Å². The molecule has 2 N–H and O–H groups in total. The van der Waals surface area contributed by atoms with Gasteiger partial charge in [0.1, 0.15) is 6.54 Å². The van der Waals surface area contributed by atoms with E-state index >= 15 is 0 Å². The first-order chi connectivity index (χ1) is 12.3. The number of carbonyl (C=O) groups excluding carboxylic acids is 1. The van der Waals surface area contributed by atoms with E-state index in [0.717, 1.165) is 25.7 Å². The zero-order valence-electron chi connectivity index (χ0n) is 15.9. The summed E-state index contributed by atoms with van der Waals surface area (Å²) in [7, 11) is 0.180. The fraction of sp³-hybridized carbons (Fsp3) is 0.875. The second kappa shape index (κ2) is 9.52. The number of amides is 1. The molecule has 0 aromatic rings. The van der Waals surface area contributed by atoms with Crippen molar-refractivity contribution in [3.8, 4) is 0 Å². The SMILES string of the molecule is CN(C)C(=O)CN=C(NC[C@H]1CCCN1S(C)(=O)=O)NC1CCOCC1. The monoisotopic (exact) mass is 389 g/mol. The number of hydrogen-bond donors (Lipinski definition) is 2. The van der Waals surface area contributed by atoms with Crippen LogP contribution in [0.5, 0.6) is 0 Å². The Hall–Kier alpha value is -1.39. The molecule has 0 aliphatic carbocycles. The molecule has 2 aliphatic rings. The summed E-state index contributed by atoms with van der Waals surface area (Å²) in [5.41, 5.74) is 0. The molecule has 2 fully saturated rings. The summed E-state index contributed by atoms with van der Waals surface area (Å²) in [6.07, 6.45) is 4.68. The smallest absolute Gasteiger partial charge is 0.243 e. The van der Waals surface area contributed by atoms with Crippen LogP contribution in [0.25, 0.3) is 0 Å². The molecule has 1 atom stereocenters. The molecule has 150 valence electrons. The lowest BCUT2D eigenvalue weighted by molar-refractivity contribution is -0.127. The molecule has 9 nitrogen and oxygen atoms in total. The highest BCUT2D eigenvalue weighted by Gasteiger charge is 2.31. The third kappa shape index (κ3) is 6.40. The van der Waals surface area contributed by atoms with Crippen LogP contribution < -0.4 is 10.6 Å². The molecule has 0 bridgehead atoms. The highest BCUT2D eigenvalue weighted by atomic mass is 32.2. The van der Waals surface area contributed by atoms with Crippen molar-refractivity contribution in [2.75, 3.05) is 53.2 Å². The highest BCUT2D eigenvalue weighted by molar-refractivity contribution is 7.88. The van der Waals surface area contributed by atoms with Crippen molar-refractivity contribution < 1.29 is 17.9 Å². The summed E-state index contributed by atoms with van der Waals surface area (Å²) in [5.74, 6) is 0.462. The Bertz CT molecular complexity index is 602. The first-order valence-electron chi connectivity index (χ1n) is 9.07. The van der Waals surface area contributed by atoms with Gasteiger partial charge in [0.2, 0.25) is 15.9 Å². The molecule has 0 radical (unpaired) electrons. The second-order valence-corrected chi connectivity index (χ2v) is 8.97. The van der Waals surface area contributed by atoms with E-state index in [1.54, 1.807) is 14.1 Å². The Labute approximate surface area is 156 Å². The Morgan fingerprint density at radius 2 is 1.96 bits per heavy atom. The molecule has 0 aromatic carbocycles. The number of carbonyl (C=O) groups is 1. The third-order valence-corrected chi connectivity index (χ3v) is 6.02. The minimum atomic E-state index is -3.21. The average Bonchev–Trinajstić information content (AvgIpc) is 3.06. The van der Waals surface area contributed by atoms with Gasteiger partial charge in [0.25, 0.3) is 0 Å². The van der Waals surface area contributed by atoms with Crippen molar-refractivity contribution in [1.29, 1.82) is 0 Å². The number of nitrogens with one attached hydrogen (secondary N) is 2. The van der Waals surface area contributed by atoms with Crippen molar-refractivity contribution in [3.63, 3.8) is 0 Å². The minimum absolute atomic E-state index is 0.0476. The number of guanidine groups is 1. The molecule has 2 saturated heterocycles. The quantitative estimate of drug-likeness (QED) is 0.456. The van der Waals surface area contributed by atoms with Crippen LogP contribution in [-0.2, 0) is 19.6 Å². The van der Waals surface area contributed by atoms with Crippen LogP contribution in [0.4, 0.5) is 0 Å². The third-order valence-electron chi connectivity index (χ3n) is 4.69. The zero-order valence-corrected chi connectivity index (χ0v) is 16.7. The van der Waals surface area contributed by atoms with Crippen LogP contribution in [-0.4, -0.2) is 94.8 Å². The fourth-order valence-electron chi connectivity index (χ4n) is 3.14. The Balaban J connectivity index is 1.98. The van der Waals surface area contributed by atoms with Crippen LogP contribution in [0.3, 0.4) is 0 Å². The van der Waals surface area contributed by atoms with Gasteiger partial charge in [-0.25, -0.2) is 13.4 Å². The van der Waals surface area contributed by atoms with E-state index in [-0.39, 0.29) is 24.5 Å². The van der Waals surface area contributed by atoms with Gasteiger partial charge < -0.3 is 20.3 Å². The van der Waals surface area contributed by atoms with E-state index in [9.17, 15) is 13.2 Å². The van der Waals surface area contributed by atoms with Crippen LogP contribution in [0.2, 0.25) is 0 Å². The lowest BCUT2D eigenvalue weighted by Crippen LogP contribution is -2.50. The molecular formula is C16H31N5O4S. The Morgan fingerprint density at radius 3 is 2.58 bits per heavy atom. The maximum atomic E-state index is 11.9. The Kier molecular flexibility index (Phi) is 7.66. The van der Waals surface area contributed by atoms with Crippen molar-refractivity contribution in [2.24, 2.45) is 4.99 Å². The van der Waals surface area contributed by atoms with Gasteiger partial charge in [-0.2, -0.15) is 4.31 Å². The number of sulfonamides is 1. The summed E-state index contributed by atoms with van der Waals surface area (Å²) < 4.78 is 30.7. The summed E-state index contributed by atoms with van der Waals surface area (Å²) in [6, 6.07) is 0.148. The first-order valence-corrected chi connectivity index (χ1v) is 10.9. The maximum absolute atomic E-state index is 11.9. The van der Waals surface area contributed by atoms with Gasteiger partial charge in [0.15, 0.2) is 5.96 Å². The molecule has 1 amide bonds. The number of ether oxygens (including phenoxy) is 1. The molecule has 0 aromatic heterocycles. The van der Waals surface area contributed by atoms with E-state index in [1.165, 1.54) is 15.5 Å². The molecule has 2 aliphatic heterocycles. The van der Waals surface area contributed by atoms with Gasteiger partial charge in [-0.1, -0.05) is 0 Å². The van der Waals surface area contributed by atoms with Gasteiger partial charge in [-0.05, 0) is 25.7 Å². The predicted octanol–water partition coefficient (Wildman–Crippen LogP) is -0.787. The minimum Gasteiger partial charge on any atom is -0.381 e. The predicted molar refractivity (Wildman–Crippen MR) is 101 cm³/mol. The van der Waals surface area contributed by atoms with Crippen LogP contribution >= 0.6 is 0 Å². The van der Waals surface area contributed by atoms with Gasteiger partial charge in [-0.15, -0.1) is 0 Å². The zero-order chi connectivity index (χ0) is 19.2. The van der Waals surface area contributed by atoms with Gasteiger partial charge in [0.05, 0.1) is 6.26 Å². The van der Waals surface area contributed by atoms with E-state index in [0.29, 0.717) is 32.3 Å². The maximum Gasteiger partial charge on any atom is 0.243 e. The number of likely N-dealkylation sites (N-methyl/N-ethyl adjacent to an activating group) is 1.